The van der Waals surface area contributed by atoms with Crippen LogP contribution >= 0.6 is 0 Å². The van der Waals surface area contributed by atoms with Crippen molar-refractivity contribution in [1.29, 1.82) is 0 Å². The zero-order chi connectivity index (χ0) is 26.0. The number of fused-ring (bicyclic) bond motifs is 3. The summed E-state index contributed by atoms with van der Waals surface area (Å²) < 4.78 is 0. The Labute approximate surface area is 215 Å². The molecule has 0 saturated heterocycles. The second kappa shape index (κ2) is 8.50. The van der Waals surface area contributed by atoms with Gasteiger partial charge in [0.15, 0.2) is 0 Å². The van der Waals surface area contributed by atoms with Crippen LogP contribution in [0.4, 0.5) is 0 Å². The first-order valence-electron chi connectivity index (χ1n) is 13.8. The van der Waals surface area contributed by atoms with Crippen LogP contribution in [-0.4, -0.2) is 0 Å². The fourth-order valence-corrected chi connectivity index (χ4v) is 6.21. The molecule has 0 heterocycles. The maximum Gasteiger partial charge on any atom is 0.0161 e. The fourth-order valence-electron chi connectivity index (χ4n) is 6.21. The molecule has 0 aliphatic heterocycles. The number of hydrogen-bond acceptors (Lipinski definition) is 0. The molecule has 0 amide bonds. The van der Waals surface area contributed by atoms with Crippen LogP contribution in [0.2, 0.25) is 0 Å². The van der Waals surface area contributed by atoms with Crippen molar-refractivity contribution >= 4 is 0 Å². The number of hydrogen-bond donors (Lipinski definition) is 0. The second-order valence-corrected chi connectivity index (χ2v) is 14.1. The van der Waals surface area contributed by atoms with Crippen molar-refractivity contribution in [1.82, 2.24) is 0 Å². The smallest absolute Gasteiger partial charge is 0.0161 e. The van der Waals surface area contributed by atoms with Gasteiger partial charge < -0.3 is 0 Å². The highest BCUT2D eigenvalue weighted by Crippen LogP contribution is 2.58. The van der Waals surface area contributed by atoms with Crippen LogP contribution in [0, 0.1) is 16.7 Å². The highest BCUT2D eigenvalue weighted by Gasteiger charge is 2.44. The first kappa shape index (κ1) is 26.0. The van der Waals surface area contributed by atoms with Gasteiger partial charge in [0, 0.05) is 11.8 Å². The Morgan fingerprint density at radius 1 is 0.657 bits per heavy atom. The van der Waals surface area contributed by atoms with E-state index in [4.69, 9.17) is 0 Å². The van der Waals surface area contributed by atoms with Gasteiger partial charge in [-0.05, 0) is 73.5 Å². The van der Waals surface area contributed by atoms with Crippen LogP contribution < -0.4 is 0 Å². The summed E-state index contributed by atoms with van der Waals surface area (Å²) in [4.78, 5) is 0. The van der Waals surface area contributed by atoms with Crippen LogP contribution in [0.5, 0.6) is 0 Å². The van der Waals surface area contributed by atoms with E-state index in [9.17, 15) is 0 Å². The van der Waals surface area contributed by atoms with Crippen LogP contribution in [0.1, 0.15) is 117 Å². The van der Waals surface area contributed by atoms with E-state index in [-0.39, 0.29) is 21.7 Å². The lowest BCUT2D eigenvalue weighted by Crippen LogP contribution is -2.29. The van der Waals surface area contributed by atoms with E-state index in [1.54, 1.807) is 0 Å². The Morgan fingerprint density at radius 3 is 1.51 bits per heavy atom. The van der Waals surface area contributed by atoms with Gasteiger partial charge in [-0.3, -0.25) is 0 Å². The summed E-state index contributed by atoms with van der Waals surface area (Å²) in [5.74, 6) is 0.818. The topological polar surface area (TPSA) is 0 Å². The molecule has 0 spiro atoms. The van der Waals surface area contributed by atoms with E-state index in [1.165, 1.54) is 51.8 Å². The molecule has 35 heavy (non-hydrogen) atoms. The van der Waals surface area contributed by atoms with Gasteiger partial charge in [-0.2, -0.15) is 0 Å². The van der Waals surface area contributed by atoms with Crippen LogP contribution in [0.25, 0.3) is 11.1 Å². The van der Waals surface area contributed by atoms with Crippen LogP contribution in [0.3, 0.4) is 0 Å². The molecule has 0 bridgehead atoms. The lowest BCUT2D eigenvalue weighted by atomic mass is 9.65. The normalized spacial score (nSPS) is 18.6. The lowest BCUT2D eigenvalue weighted by Gasteiger charge is -2.38. The molecule has 0 fully saturated rings. The van der Waals surface area contributed by atoms with Gasteiger partial charge in [-0.25, -0.2) is 0 Å². The van der Waals surface area contributed by atoms with Gasteiger partial charge in [0.25, 0.3) is 0 Å². The highest BCUT2D eigenvalue weighted by atomic mass is 14.5. The molecule has 1 unspecified atom stereocenters. The molecule has 4 rings (SSSR count). The molecule has 0 aromatic heterocycles. The van der Waals surface area contributed by atoms with Crippen molar-refractivity contribution in [2.45, 2.75) is 106 Å². The van der Waals surface area contributed by atoms with Crippen molar-refractivity contribution in [3.8, 4) is 11.1 Å². The summed E-state index contributed by atoms with van der Waals surface area (Å²) in [7, 11) is 0. The Hall–Kier alpha value is -2.08. The third-order valence-electron chi connectivity index (χ3n) is 9.45. The summed E-state index contributed by atoms with van der Waals surface area (Å²) in [5.41, 5.74) is 10.9. The summed E-state index contributed by atoms with van der Waals surface area (Å²) >= 11 is 0. The third kappa shape index (κ3) is 4.36. The molecule has 0 N–H and O–H groups in total. The van der Waals surface area contributed by atoms with Crippen LogP contribution in [-0.2, 0) is 10.8 Å². The van der Waals surface area contributed by atoms with Crippen molar-refractivity contribution in [3.05, 3.63) is 82.5 Å². The molecule has 0 nitrogen and oxygen atoms in total. The molecule has 0 saturated carbocycles. The van der Waals surface area contributed by atoms with Gasteiger partial charge in [-0.1, -0.05) is 131 Å². The van der Waals surface area contributed by atoms with E-state index in [0.717, 1.165) is 0 Å². The van der Waals surface area contributed by atoms with E-state index in [2.05, 4.69) is 131 Å². The second-order valence-electron chi connectivity index (χ2n) is 14.1. The molecule has 2 aliphatic rings. The third-order valence-corrected chi connectivity index (χ3v) is 9.45. The average molecular weight is 469 g/mol. The predicted molar refractivity (Wildman–Crippen MR) is 154 cm³/mol. The summed E-state index contributed by atoms with van der Waals surface area (Å²) in [6.45, 7) is 26.0. The molecule has 2 aromatic rings. The SMILES string of the molecule is CCC(C)(CC)C1=CC(C(C)(C)C2c3ccc(C(C)(C)C)cc3-c3cc(C(C)(C)C)ccc32)C=C1. The Kier molecular flexibility index (Phi) is 6.31. The zero-order valence-electron chi connectivity index (χ0n) is 24.3. The lowest BCUT2D eigenvalue weighted by molar-refractivity contribution is 0.265. The molecular weight excluding hydrogens is 420 g/mol. The van der Waals surface area contributed by atoms with Crippen molar-refractivity contribution in [3.63, 3.8) is 0 Å². The van der Waals surface area contributed by atoms with Crippen molar-refractivity contribution in [2.75, 3.05) is 0 Å². The molecule has 1 atom stereocenters. The maximum absolute atomic E-state index is 2.59. The Bertz CT molecular complexity index is 1100. The first-order valence-corrected chi connectivity index (χ1v) is 13.8. The summed E-state index contributed by atoms with van der Waals surface area (Å²) in [5, 5.41) is 0. The molecule has 2 aromatic carbocycles. The largest absolute Gasteiger partial charge is 0.0768 e. The fraction of sp³-hybridized carbons (Fsp3) is 0.543. The molecule has 188 valence electrons. The predicted octanol–water partition coefficient (Wildman–Crippen LogP) is 10.4. The van der Waals surface area contributed by atoms with E-state index < -0.39 is 0 Å². The highest BCUT2D eigenvalue weighted by molar-refractivity contribution is 5.81. The van der Waals surface area contributed by atoms with E-state index in [0.29, 0.717) is 11.8 Å². The van der Waals surface area contributed by atoms with Gasteiger partial charge in [0.1, 0.15) is 0 Å². The average Bonchev–Trinajstić information content (AvgIpc) is 3.41. The molecular formula is C35H48. The van der Waals surface area contributed by atoms with Gasteiger partial charge in [0.2, 0.25) is 0 Å². The minimum absolute atomic E-state index is 0.0765. The van der Waals surface area contributed by atoms with Crippen molar-refractivity contribution in [2.24, 2.45) is 16.7 Å². The van der Waals surface area contributed by atoms with Crippen LogP contribution in [0.15, 0.2) is 60.2 Å². The molecule has 0 radical (unpaired) electrons. The molecule has 2 aliphatic carbocycles. The standard InChI is InChI=1S/C35H48/c1-12-35(11,13-2)26-15-14-25(20-26)34(9,10)31-27-18-16-23(32(3,4)5)21-29(27)30-22-24(33(6,7)8)17-19-28(30)31/h14-22,25,31H,12-13H2,1-11H3. The quantitative estimate of drug-likeness (QED) is 0.409. The maximum atomic E-state index is 2.59. The minimum atomic E-state index is 0.0765. The Morgan fingerprint density at radius 2 is 1.11 bits per heavy atom. The number of rotatable bonds is 5. The van der Waals surface area contributed by atoms with Gasteiger partial charge >= 0.3 is 0 Å². The van der Waals surface area contributed by atoms with Gasteiger partial charge in [-0.15, -0.1) is 0 Å². The summed E-state index contributed by atoms with van der Waals surface area (Å²) in [6.07, 6.45) is 9.89. The van der Waals surface area contributed by atoms with E-state index >= 15 is 0 Å². The van der Waals surface area contributed by atoms with Gasteiger partial charge in [0.05, 0.1) is 0 Å². The number of benzene rings is 2. The summed E-state index contributed by atoms with van der Waals surface area (Å²) in [6, 6.07) is 14.7. The first-order chi connectivity index (χ1) is 16.1. The molecule has 0 heteroatoms. The zero-order valence-corrected chi connectivity index (χ0v) is 24.3. The monoisotopic (exact) mass is 468 g/mol. The number of allylic oxidation sites excluding steroid dienone is 4. The minimum Gasteiger partial charge on any atom is -0.0768 e. The van der Waals surface area contributed by atoms with E-state index in [1.807, 2.05) is 0 Å². The van der Waals surface area contributed by atoms with Crippen molar-refractivity contribution < 1.29 is 0 Å². The Balaban J connectivity index is 1.87.